The summed E-state index contributed by atoms with van der Waals surface area (Å²) in [5.41, 5.74) is 0. The standard InChI is InChI=1S/C8H10F2O6S/c9-8(10,17(12,13)14)7(11)16-6-3-4-1-2-5(6)15-4/h4-6H,1-3H2,(H,12,13,14). The van der Waals surface area contributed by atoms with E-state index in [9.17, 15) is 22.0 Å². The van der Waals surface area contributed by atoms with Crippen molar-refractivity contribution in [3.05, 3.63) is 0 Å². The smallest absolute Gasteiger partial charge is 0.454 e. The fourth-order valence-corrected chi connectivity index (χ4v) is 2.29. The number of hydrogen-bond acceptors (Lipinski definition) is 5. The molecule has 2 heterocycles. The molecule has 0 aromatic heterocycles. The number of fused-ring (bicyclic) bond motifs is 2. The summed E-state index contributed by atoms with van der Waals surface area (Å²) < 4.78 is 64.2. The Morgan fingerprint density at radius 3 is 2.47 bits per heavy atom. The van der Waals surface area contributed by atoms with E-state index >= 15 is 0 Å². The third-order valence-electron chi connectivity index (χ3n) is 2.87. The molecule has 3 atom stereocenters. The third kappa shape index (κ3) is 2.14. The van der Waals surface area contributed by atoms with Gasteiger partial charge >= 0.3 is 21.3 Å². The van der Waals surface area contributed by atoms with Gasteiger partial charge < -0.3 is 9.47 Å². The van der Waals surface area contributed by atoms with Gasteiger partial charge in [-0.1, -0.05) is 0 Å². The highest BCUT2D eigenvalue weighted by molar-refractivity contribution is 7.87. The van der Waals surface area contributed by atoms with Gasteiger partial charge in [0, 0.05) is 6.42 Å². The highest BCUT2D eigenvalue weighted by Crippen LogP contribution is 2.37. The molecule has 0 aromatic carbocycles. The summed E-state index contributed by atoms with van der Waals surface area (Å²) in [5, 5.41) is -4.94. The first-order chi connectivity index (χ1) is 7.72. The van der Waals surface area contributed by atoms with Crippen LogP contribution in [0.5, 0.6) is 0 Å². The first kappa shape index (κ1) is 12.7. The van der Waals surface area contributed by atoms with Gasteiger partial charge in [0.15, 0.2) is 0 Å². The summed E-state index contributed by atoms with van der Waals surface area (Å²) in [7, 11) is -5.80. The van der Waals surface area contributed by atoms with Gasteiger partial charge in [0.05, 0.1) is 12.2 Å². The Kier molecular flexibility index (Phi) is 2.87. The van der Waals surface area contributed by atoms with Crippen LogP contribution in [0.4, 0.5) is 8.78 Å². The van der Waals surface area contributed by atoms with Crippen LogP contribution >= 0.6 is 0 Å². The summed E-state index contributed by atoms with van der Waals surface area (Å²) in [5.74, 6) is -2.26. The molecule has 0 spiro atoms. The zero-order valence-corrected chi connectivity index (χ0v) is 9.32. The van der Waals surface area contributed by atoms with Crippen molar-refractivity contribution < 1.29 is 36.0 Å². The second kappa shape index (κ2) is 3.85. The van der Waals surface area contributed by atoms with E-state index in [1.807, 2.05) is 0 Å². The zero-order chi connectivity index (χ0) is 12.8. The maximum Gasteiger partial charge on any atom is 0.465 e. The van der Waals surface area contributed by atoms with Crippen molar-refractivity contribution >= 4 is 16.1 Å². The van der Waals surface area contributed by atoms with Gasteiger partial charge in [0.2, 0.25) is 0 Å². The van der Waals surface area contributed by atoms with Crippen molar-refractivity contribution in [1.82, 2.24) is 0 Å². The minimum atomic E-state index is -5.80. The van der Waals surface area contributed by atoms with Crippen molar-refractivity contribution in [2.75, 3.05) is 0 Å². The SMILES string of the molecule is O=C(OC1CC2CCC1O2)C(F)(F)S(=O)(=O)O. The molecule has 2 fully saturated rings. The first-order valence-corrected chi connectivity index (χ1v) is 6.37. The fraction of sp³-hybridized carbons (Fsp3) is 0.875. The van der Waals surface area contributed by atoms with Crippen LogP contribution in [0.25, 0.3) is 0 Å². The molecule has 2 bridgehead atoms. The summed E-state index contributed by atoms with van der Waals surface area (Å²) in [6.07, 6.45) is 0.179. The zero-order valence-electron chi connectivity index (χ0n) is 8.51. The number of ether oxygens (including phenoxy) is 2. The van der Waals surface area contributed by atoms with Crippen LogP contribution in [0.15, 0.2) is 0 Å². The number of halogens is 2. The largest absolute Gasteiger partial charge is 0.465 e. The molecule has 2 saturated heterocycles. The Hall–Kier alpha value is -0.800. The lowest BCUT2D eigenvalue weighted by Gasteiger charge is -2.21. The molecule has 98 valence electrons. The predicted octanol–water partition coefficient (Wildman–Crippen LogP) is 0.330. The Morgan fingerprint density at radius 1 is 1.41 bits per heavy atom. The number of alkyl halides is 2. The lowest BCUT2D eigenvalue weighted by molar-refractivity contribution is -0.169. The molecular weight excluding hydrogens is 262 g/mol. The maximum absolute atomic E-state index is 12.9. The van der Waals surface area contributed by atoms with Crippen LogP contribution < -0.4 is 0 Å². The van der Waals surface area contributed by atoms with Crippen LogP contribution in [0.2, 0.25) is 0 Å². The number of carbonyl (C=O) groups is 1. The number of hydrogen-bond donors (Lipinski definition) is 1. The van der Waals surface area contributed by atoms with Crippen molar-refractivity contribution in [2.24, 2.45) is 0 Å². The first-order valence-electron chi connectivity index (χ1n) is 4.93. The van der Waals surface area contributed by atoms with E-state index in [0.717, 1.165) is 6.42 Å². The van der Waals surface area contributed by atoms with E-state index in [-0.39, 0.29) is 12.5 Å². The van der Waals surface area contributed by atoms with Crippen LogP contribution in [-0.4, -0.2) is 42.5 Å². The van der Waals surface area contributed by atoms with Gasteiger partial charge in [-0.2, -0.15) is 17.2 Å². The Balaban J connectivity index is 2.03. The molecule has 2 aliphatic heterocycles. The van der Waals surface area contributed by atoms with E-state index in [1.165, 1.54) is 0 Å². The van der Waals surface area contributed by atoms with Crippen LogP contribution in [0.1, 0.15) is 19.3 Å². The van der Waals surface area contributed by atoms with Gasteiger partial charge in [-0.25, -0.2) is 4.79 Å². The normalized spacial score (nSPS) is 32.8. The number of carbonyl (C=O) groups excluding carboxylic acids is 1. The highest BCUT2D eigenvalue weighted by atomic mass is 32.2. The average Bonchev–Trinajstić information content (AvgIpc) is 2.76. The molecule has 9 heteroatoms. The molecule has 0 amide bonds. The van der Waals surface area contributed by atoms with E-state index in [4.69, 9.17) is 9.29 Å². The molecule has 3 unspecified atom stereocenters. The fourth-order valence-electron chi connectivity index (χ4n) is 2.03. The highest BCUT2D eigenvalue weighted by Gasteiger charge is 2.56. The monoisotopic (exact) mass is 272 g/mol. The quantitative estimate of drug-likeness (QED) is 0.588. The molecular formula is C8H10F2O6S. The number of esters is 1. The molecule has 0 aliphatic carbocycles. The van der Waals surface area contributed by atoms with Gasteiger partial charge in [-0.15, -0.1) is 0 Å². The lowest BCUT2D eigenvalue weighted by Crippen LogP contribution is -2.42. The second-order valence-corrected chi connectivity index (χ2v) is 5.51. The number of rotatable bonds is 3. The molecule has 1 N–H and O–H groups in total. The summed E-state index contributed by atoms with van der Waals surface area (Å²) in [6, 6.07) is 0. The average molecular weight is 272 g/mol. The molecule has 2 aliphatic rings. The molecule has 17 heavy (non-hydrogen) atoms. The lowest BCUT2D eigenvalue weighted by atomic mass is 9.98. The topological polar surface area (TPSA) is 89.9 Å². The second-order valence-electron chi connectivity index (χ2n) is 4.05. The van der Waals surface area contributed by atoms with Gasteiger partial charge in [-0.05, 0) is 12.8 Å². The predicted molar refractivity (Wildman–Crippen MR) is 48.9 cm³/mol. The van der Waals surface area contributed by atoms with Crippen molar-refractivity contribution in [1.29, 1.82) is 0 Å². The molecule has 2 rings (SSSR count). The minimum Gasteiger partial charge on any atom is -0.454 e. The summed E-state index contributed by atoms with van der Waals surface area (Å²) in [6.45, 7) is 0. The van der Waals surface area contributed by atoms with E-state index in [0.29, 0.717) is 6.42 Å². The van der Waals surface area contributed by atoms with Crippen molar-refractivity contribution in [3.63, 3.8) is 0 Å². The van der Waals surface area contributed by atoms with Crippen molar-refractivity contribution in [2.45, 2.75) is 42.8 Å². The van der Waals surface area contributed by atoms with E-state index in [1.54, 1.807) is 0 Å². The van der Waals surface area contributed by atoms with E-state index < -0.39 is 33.5 Å². The van der Waals surface area contributed by atoms with Gasteiger partial charge in [-0.3, -0.25) is 4.55 Å². The molecule has 0 aromatic rings. The summed E-state index contributed by atoms with van der Waals surface area (Å²) in [4.78, 5) is 11.0. The van der Waals surface area contributed by atoms with Gasteiger partial charge in [0.25, 0.3) is 0 Å². The maximum atomic E-state index is 12.9. The third-order valence-corrected chi connectivity index (χ3v) is 3.68. The summed E-state index contributed by atoms with van der Waals surface area (Å²) >= 11 is 0. The molecule has 0 saturated carbocycles. The Morgan fingerprint density at radius 2 is 2.06 bits per heavy atom. The Bertz CT molecular complexity index is 433. The van der Waals surface area contributed by atoms with Crippen LogP contribution in [-0.2, 0) is 24.4 Å². The molecule has 6 nitrogen and oxygen atoms in total. The minimum absolute atomic E-state index is 0.128. The van der Waals surface area contributed by atoms with Gasteiger partial charge in [0.1, 0.15) is 6.10 Å². The van der Waals surface area contributed by atoms with Crippen LogP contribution in [0, 0.1) is 0 Å². The van der Waals surface area contributed by atoms with E-state index in [2.05, 4.69) is 4.74 Å². The Labute approximate surface area is 95.6 Å². The molecule has 0 radical (unpaired) electrons. The van der Waals surface area contributed by atoms with Crippen LogP contribution in [0.3, 0.4) is 0 Å². The van der Waals surface area contributed by atoms with Crippen molar-refractivity contribution in [3.8, 4) is 0 Å².